The van der Waals surface area contributed by atoms with Crippen LogP contribution in [0.3, 0.4) is 0 Å². The number of rotatable bonds is 6. The van der Waals surface area contributed by atoms with Crippen molar-refractivity contribution < 1.29 is 22.6 Å². The van der Waals surface area contributed by atoms with Crippen LogP contribution in [0.25, 0.3) is 0 Å². The van der Waals surface area contributed by atoms with E-state index in [9.17, 15) is 8.42 Å². The molecule has 0 radical (unpaired) electrons. The summed E-state index contributed by atoms with van der Waals surface area (Å²) >= 11 is 0. The van der Waals surface area contributed by atoms with Gasteiger partial charge in [0.1, 0.15) is 22.1 Å². The van der Waals surface area contributed by atoms with Gasteiger partial charge in [0.15, 0.2) is 0 Å². The molecule has 1 N–H and O–H groups in total. The van der Waals surface area contributed by atoms with E-state index in [0.29, 0.717) is 17.2 Å². The Morgan fingerprint density at radius 1 is 0.870 bits per heavy atom. The van der Waals surface area contributed by atoms with Crippen molar-refractivity contribution in [2.45, 2.75) is 11.8 Å². The van der Waals surface area contributed by atoms with Crippen molar-refractivity contribution in [1.82, 2.24) is 0 Å². The molecule has 2 aromatic rings. The molecule has 0 saturated carbocycles. The van der Waals surface area contributed by atoms with Gasteiger partial charge in [0, 0.05) is 6.07 Å². The third-order valence-electron chi connectivity index (χ3n) is 3.26. The normalized spacial score (nSPS) is 11.0. The number of anilines is 1. The Morgan fingerprint density at radius 2 is 1.57 bits per heavy atom. The summed E-state index contributed by atoms with van der Waals surface area (Å²) in [6.07, 6.45) is 0. The van der Waals surface area contributed by atoms with Gasteiger partial charge in [-0.15, -0.1) is 0 Å². The molecule has 0 fully saturated rings. The highest BCUT2D eigenvalue weighted by Crippen LogP contribution is 2.33. The second-order valence-electron chi connectivity index (χ2n) is 4.83. The van der Waals surface area contributed by atoms with Crippen LogP contribution in [0, 0.1) is 6.92 Å². The molecule has 0 bridgehead atoms. The fourth-order valence-corrected chi connectivity index (χ4v) is 3.40. The molecule has 0 unspecified atom stereocenters. The van der Waals surface area contributed by atoms with Gasteiger partial charge in [0.05, 0.1) is 27.0 Å². The van der Waals surface area contributed by atoms with E-state index in [1.54, 1.807) is 36.4 Å². The van der Waals surface area contributed by atoms with E-state index in [1.165, 1.54) is 21.3 Å². The van der Waals surface area contributed by atoms with Crippen LogP contribution in [-0.2, 0) is 10.0 Å². The van der Waals surface area contributed by atoms with E-state index in [2.05, 4.69) is 4.72 Å². The van der Waals surface area contributed by atoms with E-state index < -0.39 is 10.0 Å². The molecule has 0 heterocycles. The van der Waals surface area contributed by atoms with Gasteiger partial charge in [-0.05, 0) is 36.8 Å². The molecule has 0 aliphatic heterocycles. The lowest BCUT2D eigenvalue weighted by Gasteiger charge is -2.15. The number of sulfonamides is 1. The number of nitrogens with one attached hydrogen (secondary N) is 1. The Bertz CT molecular complexity index is 802. The summed E-state index contributed by atoms with van der Waals surface area (Å²) in [4.78, 5) is 0.0675. The summed E-state index contributed by atoms with van der Waals surface area (Å²) in [6.45, 7) is 1.81. The van der Waals surface area contributed by atoms with Crippen molar-refractivity contribution >= 4 is 15.7 Å². The lowest BCUT2D eigenvalue weighted by atomic mass is 10.2. The Kier molecular flexibility index (Phi) is 5.00. The second-order valence-corrected chi connectivity index (χ2v) is 6.48. The van der Waals surface area contributed by atoms with Crippen LogP contribution < -0.4 is 18.9 Å². The highest BCUT2D eigenvalue weighted by molar-refractivity contribution is 7.92. The summed E-state index contributed by atoms with van der Waals surface area (Å²) in [5, 5.41) is 0. The molecule has 0 atom stereocenters. The molecule has 0 aliphatic rings. The predicted molar refractivity (Wildman–Crippen MR) is 88.1 cm³/mol. The van der Waals surface area contributed by atoms with E-state index in [1.807, 2.05) is 6.92 Å². The predicted octanol–water partition coefficient (Wildman–Crippen LogP) is 2.82. The van der Waals surface area contributed by atoms with Crippen LogP contribution >= 0.6 is 0 Å². The van der Waals surface area contributed by atoms with E-state index in [4.69, 9.17) is 14.2 Å². The molecular formula is C16H19NO5S. The molecule has 0 spiro atoms. The Hall–Kier alpha value is -2.41. The van der Waals surface area contributed by atoms with Crippen LogP contribution in [0.15, 0.2) is 41.3 Å². The van der Waals surface area contributed by atoms with Gasteiger partial charge >= 0.3 is 0 Å². The van der Waals surface area contributed by atoms with Gasteiger partial charge in [-0.2, -0.15) is 0 Å². The molecule has 7 heteroatoms. The summed E-state index contributed by atoms with van der Waals surface area (Å²) < 4.78 is 43.3. The standard InChI is InChI=1S/C16H19NO5S/c1-11-5-8-14(21-3)16(9-11)23(18,19)17-13-7-6-12(20-2)10-15(13)22-4/h5-10,17H,1-4H3. The van der Waals surface area contributed by atoms with Crippen molar-refractivity contribution in [2.24, 2.45) is 0 Å². The van der Waals surface area contributed by atoms with Gasteiger partial charge in [0.2, 0.25) is 0 Å². The second kappa shape index (κ2) is 6.78. The summed E-state index contributed by atoms with van der Waals surface area (Å²) in [5.41, 5.74) is 1.13. The molecule has 0 aromatic heterocycles. The third-order valence-corrected chi connectivity index (χ3v) is 4.65. The fraction of sp³-hybridized carbons (Fsp3) is 0.250. The molecule has 124 valence electrons. The largest absolute Gasteiger partial charge is 0.497 e. The van der Waals surface area contributed by atoms with Crippen LogP contribution in [0.4, 0.5) is 5.69 Å². The zero-order valence-electron chi connectivity index (χ0n) is 13.4. The first-order chi connectivity index (χ1) is 10.9. The fourth-order valence-electron chi connectivity index (χ4n) is 2.08. The van der Waals surface area contributed by atoms with Gasteiger partial charge < -0.3 is 14.2 Å². The molecule has 0 amide bonds. The van der Waals surface area contributed by atoms with Crippen molar-refractivity contribution in [2.75, 3.05) is 26.1 Å². The number of methoxy groups -OCH3 is 3. The maximum absolute atomic E-state index is 12.7. The average Bonchev–Trinajstić information content (AvgIpc) is 2.54. The minimum atomic E-state index is -3.83. The number of hydrogen-bond donors (Lipinski definition) is 1. The van der Waals surface area contributed by atoms with E-state index >= 15 is 0 Å². The van der Waals surface area contributed by atoms with Crippen LogP contribution in [0.2, 0.25) is 0 Å². The number of ether oxygens (including phenoxy) is 3. The summed E-state index contributed by atoms with van der Waals surface area (Å²) in [5.74, 6) is 1.20. The molecule has 0 aliphatic carbocycles. The van der Waals surface area contributed by atoms with Crippen LogP contribution in [0.1, 0.15) is 5.56 Å². The van der Waals surface area contributed by atoms with Crippen molar-refractivity contribution in [3.8, 4) is 17.2 Å². The molecule has 2 rings (SSSR count). The molecule has 6 nitrogen and oxygen atoms in total. The van der Waals surface area contributed by atoms with Gasteiger partial charge in [-0.1, -0.05) is 6.07 Å². The van der Waals surface area contributed by atoms with Crippen molar-refractivity contribution in [3.63, 3.8) is 0 Å². The topological polar surface area (TPSA) is 73.9 Å². The Labute approximate surface area is 136 Å². The lowest BCUT2D eigenvalue weighted by Crippen LogP contribution is -2.15. The SMILES string of the molecule is COc1ccc(NS(=O)(=O)c2cc(C)ccc2OC)c(OC)c1. The minimum Gasteiger partial charge on any atom is -0.497 e. The average molecular weight is 337 g/mol. The maximum Gasteiger partial charge on any atom is 0.265 e. The molecule has 0 saturated heterocycles. The molecule has 23 heavy (non-hydrogen) atoms. The first-order valence-corrected chi connectivity index (χ1v) is 8.29. The van der Waals surface area contributed by atoms with Gasteiger partial charge in [-0.3, -0.25) is 4.72 Å². The van der Waals surface area contributed by atoms with Crippen molar-refractivity contribution in [1.29, 1.82) is 0 Å². The zero-order valence-corrected chi connectivity index (χ0v) is 14.2. The third kappa shape index (κ3) is 3.68. The van der Waals surface area contributed by atoms with E-state index in [-0.39, 0.29) is 10.6 Å². The number of benzene rings is 2. The maximum atomic E-state index is 12.7. The minimum absolute atomic E-state index is 0.0675. The smallest absolute Gasteiger partial charge is 0.265 e. The van der Waals surface area contributed by atoms with Gasteiger partial charge in [0.25, 0.3) is 10.0 Å². The highest BCUT2D eigenvalue weighted by Gasteiger charge is 2.21. The van der Waals surface area contributed by atoms with Crippen LogP contribution in [-0.4, -0.2) is 29.7 Å². The zero-order chi connectivity index (χ0) is 17.0. The van der Waals surface area contributed by atoms with Crippen molar-refractivity contribution in [3.05, 3.63) is 42.0 Å². The first kappa shape index (κ1) is 17.0. The first-order valence-electron chi connectivity index (χ1n) is 6.80. The lowest BCUT2D eigenvalue weighted by molar-refractivity contribution is 0.395. The van der Waals surface area contributed by atoms with E-state index in [0.717, 1.165) is 5.56 Å². The monoisotopic (exact) mass is 337 g/mol. The molecule has 2 aromatic carbocycles. The molecular weight excluding hydrogens is 318 g/mol. The highest BCUT2D eigenvalue weighted by atomic mass is 32.2. The number of hydrogen-bond acceptors (Lipinski definition) is 5. The number of aryl methyl sites for hydroxylation is 1. The summed E-state index contributed by atoms with van der Waals surface area (Å²) in [6, 6.07) is 9.79. The Morgan fingerprint density at radius 3 is 2.17 bits per heavy atom. The van der Waals surface area contributed by atoms with Crippen LogP contribution in [0.5, 0.6) is 17.2 Å². The Balaban J connectivity index is 2.45. The van der Waals surface area contributed by atoms with Gasteiger partial charge in [-0.25, -0.2) is 8.42 Å². The summed E-state index contributed by atoms with van der Waals surface area (Å²) in [7, 11) is 0.584. The quantitative estimate of drug-likeness (QED) is 0.877.